The Morgan fingerprint density at radius 2 is 2.04 bits per heavy atom. The Morgan fingerprint density at radius 3 is 2.70 bits per heavy atom. The first-order valence-electron chi connectivity index (χ1n) is 6.68. The summed E-state index contributed by atoms with van der Waals surface area (Å²) >= 11 is 3.44. The summed E-state index contributed by atoms with van der Waals surface area (Å²) in [5.74, 6) is -0.687. The van der Waals surface area contributed by atoms with Crippen LogP contribution >= 0.6 is 15.9 Å². The molecule has 0 saturated heterocycles. The maximum absolute atomic E-state index is 12.2. The van der Waals surface area contributed by atoms with Gasteiger partial charge in [-0.25, -0.2) is 0 Å². The zero-order valence-electron chi connectivity index (χ0n) is 12.0. The number of nitro groups is 1. The predicted octanol–water partition coefficient (Wildman–Crippen LogP) is 3.86. The van der Waals surface area contributed by atoms with Gasteiger partial charge in [0.25, 0.3) is 5.91 Å². The summed E-state index contributed by atoms with van der Waals surface area (Å²) in [4.78, 5) is 22.3. The Kier molecular flexibility index (Phi) is 3.65. The summed E-state index contributed by atoms with van der Waals surface area (Å²) in [6.07, 6.45) is 1.60. The van der Waals surface area contributed by atoms with E-state index >= 15 is 0 Å². The molecular formula is C16H11BrN2O4. The second kappa shape index (κ2) is 5.51. The van der Waals surface area contributed by atoms with Crippen LogP contribution < -0.4 is 5.32 Å². The van der Waals surface area contributed by atoms with Gasteiger partial charge in [0.05, 0.1) is 4.92 Å². The van der Waals surface area contributed by atoms with Crippen LogP contribution in [0.3, 0.4) is 0 Å². The molecule has 0 spiro atoms. The van der Waals surface area contributed by atoms with Crippen molar-refractivity contribution in [2.45, 2.75) is 6.92 Å². The summed E-state index contributed by atoms with van der Waals surface area (Å²) in [7, 11) is 0. The first-order valence-corrected chi connectivity index (χ1v) is 7.47. The quantitative estimate of drug-likeness (QED) is 0.474. The molecule has 0 fully saturated rings. The molecule has 0 radical (unpaired) electrons. The number of benzene rings is 2. The van der Waals surface area contributed by atoms with E-state index in [1.807, 2.05) is 13.0 Å². The Balaban J connectivity index is 2.12. The first-order chi connectivity index (χ1) is 10.9. The molecule has 0 unspecified atom stereocenters. The highest BCUT2D eigenvalue weighted by molar-refractivity contribution is 9.10. The van der Waals surface area contributed by atoms with Crippen LogP contribution in [0.5, 0.6) is 5.75 Å². The van der Waals surface area contributed by atoms with Crippen LogP contribution in [0, 0.1) is 17.0 Å². The van der Waals surface area contributed by atoms with Gasteiger partial charge in [0.1, 0.15) is 0 Å². The molecule has 3 rings (SSSR count). The Labute approximate surface area is 139 Å². The van der Waals surface area contributed by atoms with Gasteiger partial charge >= 0.3 is 5.69 Å². The molecule has 7 heteroatoms. The zero-order chi connectivity index (χ0) is 16.7. The topological polar surface area (TPSA) is 92.5 Å². The minimum absolute atomic E-state index is 0.251. The summed E-state index contributed by atoms with van der Waals surface area (Å²) in [6, 6.07) is 7.63. The number of nitro benzene ring substituents is 1. The highest BCUT2D eigenvalue weighted by Crippen LogP contribution is 2.39. The van der Waals surface area contributed by atoms with E-state index < -0.39 is 10.7 Å². The molecule has 1 aliphatic heterocycles. The third kappa shape index (κ3) is 2.59. The number of phenols is 1. The fraction of sp³-hybridized carbons (Fsp3) is 0.0625. The van der Waals surface area contributed by atoms with Crippen LogP contribution in [0.2, 0.25) is 0 Å². The van der Waals surface area contributed by atoms with Crippen LogP contribution in [0.15, 0.2) is 34.8 Å². The molecule has 0 saturated carbocycles. The summed E-state index contributed by atoms with van der Waals surface area (Å²) in [5.41, 5.74) is 2.99. The van der Waals surface area contributed by atoms with E-state index in [0.29, 0.717) is 16.8 Å². The van der Waals surface area contributed by atoms with E-state index in [1.165, 1.54) is 18.2 Å². The lowest BCUT2D eigenvalue weighted by molar-refractivity contribution is -0.385. The Hall–Kier alpha value is -2.67. The smallest absolute Gasteiger partial charge is 0.310 e. The number of hydrogen-bond acceptors (Lipinski definition) is 4. The fourth-order valence-electron chi connectivity index (χ4n) is 2.53. The number of halogens is 1. The molecule has 2 N–H and O–H groups in total. The number of nitrogens with zero attached hydrogens (tertiary/aromatic N) is 1. The van der Waals surface area contributed by atoms with Crippen molar-refractivity contribution in [2.75, 3.05) is 5.32 Å². The second-order valence-electron chi connectivity index (χ2n) is 5.11. The number of rotatable bonds is 2. The minimum Gasteiger partial charge on any atom is -0.502 e. The van der Waals surface area contributed by atoms with E-state index in [9.17, 15) is 20.0 Å². The van der Waals surface area contributed by atoms with E-state index in [0.717, 1.165) is 15.6 Å². The van der Waals surface area contributed by atoms with Gasteiger partial charge in [-0.05, 0) is 48.4 Å². The molecule has 1 amide bonds. The van der Waals surface area contributed by atoms with Crippen molar-refractivity contribution >= 4 is 44.9 Å². The zero-order valence-corrected chi connectivity index (χ0v) is 13.5. The molecule has 6 nitrogen and oxygen atoms in total. The number of amides is 1. The molecule has 116 valence electrons. The van der Waals surface area contributed by atoms with E-state index in [-0.39, 0.29) is 11.6 Å². The van der Waals surface area contributed by atoms with Gasteiger partial charge < -0.3 is 10.4 Å². The molecule has 2 aromatic rings. The number of nitrogens with one attached hydrogen (secondary N) is 1. The highest BCUT2D eigenvalue weighted by atomic mass is 79.9. The van der Waals surface area contributed by atoms with Gasteiger partial charge in [0, 0.05) is 27.4 Å². The third-order valence-electron chi connectivity index (χ3n) is 3.67. The largest absolute Gasteiger partial charge is 0.502 e. The SMILES string of the molecule is Cc1c(Br)ccc2c1C(=Cc1ccc([N+](=O)[O-])c(O)c1)C(=O)N2. The molecule has 0 atom stereocenters. The molecule has 2 aromatic carbocycles. The lowest BCUT2D eigenvalue weighted by Gasteiger charge is -2.06. The Bertz CT molecular complexity index is 890. The van der Waals surface area contributed by atoms with Gasteiger partial charge in [-0.3, -0.25) is 14.9 Å². The molecular weight excluding hydrogens is 364 g/mol. The van der Waals surface area contributed by atoms with E-state index in [4.69, 9.17) is 0 Å². The third-order valence-corrected chi connectivity index (χ3v) is 4.53. The molecule has 0 aromatic heterocycles. The predicted molar refractivity (Wildman–Crippen MR) is 90.1 cm³/mol. The van der Waals surface area contributed by atoms with Gasteiger partial charge in [0.15, 0.2) is 5.75 Å². The summed E-state index contributed by atoms with van der Waals surface area (Å²) in [5, 5.41) is 23.2. The minimum atomic E-state index is -0.662. The normalized spacial score (nSPS) is 14.7. The number of phenolic OH excluding ortho intramolecular Hbond substituents is 1. The van der Waals surface area contributed by atoms with Crippen molar-refractivity contribution in [3.8, 4) is 5.75 Å². The molecule has 0 bridgehead atoms. The lowest BCUT2D eigenvalue weighted by Crippen LogP contribution is -2.03. The number of carbonyl (C=O) groups excluding carboxylic acids is 1. The number of fused-ring (bicyclic) bond motifs is 1. The molecule has 1 heterocycles. The van der Waals surface area contributed by atoms with E-state index in [1.54, 1.807) is 12.1 Å². The lowest BCUT2D eigenvalue weighted by atomic mass is 9.99. The number of hydrogen-bond donors (Lipinski definition) is 2. The number of aromatic hydroxyl groups is 1. The molecule has 1 aliphatic rings. The average molecular weight is 375 g/mol. The van der Waals surface area contributed by atoms with Gasteiger partial charge in [-0.1, -0.05) is 15.9 Å². The summed E-state index contributed by atoms with van der Waals surface area (Å²) < 4.78 is 0.880. The molecule has 0 aliphatic carbocycles. The number of carbonyl (C=O) groups is 1. The standard InChI is InChI=1S/C16H11BrN2O4/c1-8-11(17)3-4-12-15(8)10(16(21)18-12)6-9-2-5-13(19(22)23)14(20)7-9/h2-7,20H,1H3,(H,18,21). The Morgan fingerprint density at radius 1 is 1.30 bits per heavy atom. The van der Waals surface area contributed by atoms with Crippen molar-refractivity contribution in [1.29, 1.82) is 0 Å². The van der Waals surface area contributed by atoms with Gasteiger partial charge in [0.2, 0.25) is 0 Å². The maximum Gasteiger partial charge on any atom is 0.310 e. The van der Waals surface area contributed by atoms with Crippen LogP contribution in [-0.4, -0.2) is 15.9 Å². The highest BCUT2D eigenvalue weighted by Gasteiger charge is 2.26. The molecule has 23 heavy (non-hydrogen) atoms. The van der Waals surface area contributed by atoms with Crippen molar-refractivity contribution < 1.29 is 14.8 Å². The average Bonchev–Trinajstić information content (AvgIpc) is 2.80. The van der Waals surface area contributed by atoms with Crippen molar-refractivity contribution in [1.82, 2.24) is 0 Å². The first kappa shape index (κ1) is 15.2. The van der Waals surface area contributed by atoms with Crippen LogP contribution in [0.4, 0.5) is 11.4 Å². The van der Waals surface area contributed by atoms with Crippen LogP contribution in [0.25, 0.3) is 11.6 Å². The maximum atomic E-state index is 12.2. The van der Waals surface area contributed by atoms with Crippen molar-refractivity contribution in [2.24, 2.45) is 0 Å². The van der Waals surface area contributed by atoms with E-state index in [2.05, 4.69) is 21.2 Å². The number of anilines is 1. The van der Waals surface area contributed by atoms with Gasteiger partial charge in [-0.2, -0.15) is 0 Å². The summed E-state index contributed by atoms with van der Waals surface area (Å²) in [6.45, 7) is 1.89. The monoisotopic (exact) mass is 374 g/mol. The second-order valence-corrected chi connectivity index (χ2v) is 5.97. The van der Waals surface area contributed by atoms with Crippen LogP contribution in [-0.2, 0) is 4.79 Å². The van der Waals surface area contributed by atoms with Crippen molar-refractivity contribution in [3.63, 3.8) is 0 Å². The van der Waals surface area contributed by atoms with Crippen molar-refractivity contribution in [3.05, 3.63) is 61.6 Å². The van der Waals surface area contributed by atoms with Crippen LogP contribution in [0.1, 0.15) is 16.7 Å². The van der Waals surface area contributed by atoms with Gasteiger partial charge in [-0.15, -0.1) is 0 Å². The fourth-order valence-corrected chi connectivity index (χ4v) is 2.86.